The highest BCUT2D eigenvalue weighted by atomic mass is 16.5. The van der Waals surface area contributed by atoms with Crippen LogP contribution in [0, 0.1) is 11.8 Å². The second-order valence-electron chi connectivity index (χ2n) is 13.6. The maximum absolute atomic E-state index is 14.4. The van der Waals surface area contributed by atoms with E-state index in [4.69, 9.17) is 9.47 Å². The largest absolute Gasteiger partial charge is 0.452 e. The van der Waals surface area contributed by atoms with Crippen molar-refractivity contribution in [1.82, 2.24) is 25.9 Å². The van der Waals surface area contributed by atoms with Gasteiger partial charge in [0, 0.05) is 24.8 Å². The predicted octanol–water partition coefficient (Wildman–Crippen LogP) is 4.84. The van der Waals surface area contributed by atoms with Crippen LogP contribution in [0.1, 0.15) is 44.4 Å². The van der Waals surface area contributed by atoms with E-state index in [1.807, 2.05) is 74.5 Å². The molecule has 0 aliphatic carbocycles. The lowest BCUT2D eigenvalue weighted by Crippen LogP contribution is -2.61. The molecule has 4 amide bonds. The third-order valence-electron chi connectivity index (χ3n) is 8.91. The van der Waals surface area contributed by atoms with Crippen LogP contribution in [0.3, 0.4) is 0 Å². The molecule has 0 fully saturated rings. The van der Waals surface area contributed by atoms with Crippen molar-refractivity contribution in [2.75, 3.05) is 12.0 Å². The molecule has 286 valence electrons. The summed E-state index contributed by atoms with van der Waals surface area (Å²) in [5.74, 6) is -1.80. The molecule has 2 heterocycles. The average Bonchev–Trinajstić information content (AvgIpc) is 3.18. The topological polar surface area (TPSA) is 172 Å². The predicted molar refractivity (Wildman–Crippen MR) is 204 cm³/mol. The summed E-state index contributed by atoms with van der Waals surface area (Å²) in [6.45, 7) is 7.18. The quantitative estimate of drug-likeness (QED) is 0.118. The first-order chi connectivity index (χ1) is 26.0. The summed E-state index contributed by atoms with van der Waals surface area (Å²) >= 11 is 0. The maximum atomic E-state index is 14.4. The van der Waals surface area contributed by atoms with E-state index in [0.29, 0.717) is 5.69 Å². The first kappa shape index (κ1) is 40.9. The Morgan fingerprint density at radius 2 is 1.17 bits per heavy atom. The molecule has 2 aromatic carbocycles. The van der Waals surface area contributed by atoms with E-state index in [1.54, 1.807) is 50.5 Å². The summed E-state index contributed by atoms with van der Waals surface area (Å²) in [5, 5.41) is 21.0. The number of carbonyl (C=O) groups excluding carboxylic acids is 4. The molecule has 0 bridgehead atoms. The number of nitrogens with one attached hydrogen (secondary N) is 3. The van der Waals surface area contributed by atoms with Crippen LogP contribution in [0.25, 0.3) is 0 Å². The molecule has 13 nitrogen and oxygen atoms in total. The number of pyridine rings is 2. The van der Waals surface area contributed by atoms with Crippen LogP contribution in [0.2, 0.25) is 0 Å². The van der Waals surface area contributed by atoms with Gasteiger partial charge in [0.1, 0.15) is 18.7 Å². The Balaban J connectivity index is 1.64. The minimum atomic E-state index is -1.34. The molecule has 54 heavy (non-hydrogen) atoms. The number of alkyl carbamates (subject to hydrolysis) is 1. The number of aromatic nitrogens is 2. The molecule has 5 unspecified atom stereocenters. The number of rotatable bonds is 17. The molecule has 0 radical (unpaired) electrons. The van der Waals surface area contributed by atoms with Crippen molar-refractivity contribution in [2.45, 2.75) is 77.4 Å². The minimum absolute atomic E-state index is 0.0110. The Morgan fingerprint density at radius 1 is 0.667 bits per heavy atom. The number of anilines is 1. The number of aliphatic hydroxyl groups excluding tert-OH is 1. The zero-order chi connectivity index (χ0) is 39.0. The average molecular weight is 739 g/mol. The third-order valence-corrected chi connectivity index (χ3v) is 8.91. The maximum Gasteiger partial charge on any atom is 0.414 e. The van der Waals surface area contributed by atoms with Gasteiger partial charge in [-0.25, -0.2) is 9.59 Å². The lowest BCUT2D eigenvalue weighted by molar-refractivity contribution is -0.126. The summed E-state index contributed by atoms with van der Waals surface area (Å²) < 4.78 is 10.5. The Labute approximate surface area is 316 Å². The Morgan fingerprint density at radius 3 is 1.65 bits per heavy atom. The number of nitrogens with zero attached hydrogens (tertiary/aromatic N) is 3. The van der Waals surface area contributed by atoms with Gasteiger partial charge in [0.15, 0.2) is 0 Å². The fourth-order valence-corrected chi connectivity index (χ4v) is 6.10. The summed E-state index contributed by atoms with van der Waals surface area (Å²) in [4.78, 5) is 63.7. The molecule has 4 N–H and O–H groups in total. The Hall–Kier alpha value is -5.82. The molecule has 13 heteroatoms. The number of hydrogen-bond donors (Lipinski definition) is 4. The molecule has 0 saturated heterocycles. The number of benzene rings is 2. The number of amides is 4. The number of methoxy groups -OCH3 is 1. The smallest absolute Gasteiger partial charge is 0.414 e. The van der Waals surface area contributed by atoms with Crippen LogP contribution < -0.4 is 20.9 Å². The van der Waals surface area contributed by atoms with Gasteiger partial charge in [-0.15, -0.1) is 0 Å². The van der Waals surface area contributed by atoms with E-state index in [0.717, 1.165) is 16.7 Å². The van der Waals surface area contributed by atoms with E-state index in [9.17, 15) is 24.3 Å². The van der Waals surface area contributed by atoms with Crippen molar-refractivity contribution in [3.8, 4) is 0 Å². The number of ether oxygens (including phenoxy) is 2. The van der Waals surface area contributed by atoms with Crippen molar-refractivity contribution in [1.29, 1.82) is 0 Å². The van der Waals surface area contributed by atoms with Gasteiger partial charge in [0.2, 0.25) is 11.8 Å². The van der Waals surface area contributed by atoms with Gasteiger partial charge < -0.3 is 30.5 Å². The van der Waals surface area contributed by atoms with Gasteiger partial charge in [-0.3, -0.25) is 24.5 Å². The SMILES string of the molecule is COC(=O)N(c1ccncc1)C(C(=O)NC(Cc1ccccc1)C(O)C(Cc1ccccc1)NC(=O)C(NC(=O)OCc1ccncc1)C(C)C)C(C)C. The van der Waals surface area contributed by atoms with Gasteiger partial charge >= 0.3 is 12.2 Å². The van der Waals surface area contributed by atoms with Crippen LogP contribution >= 0.6 is 0 Å². The molecule has 0 spiro atoms. The molecule has 5 atom stereocenters. The highest BCUT2D eigenvalue weighted by Gasteiger charge is 2.39. The highest BCUT2D eigenvalue weighted by Crippen LogP contribution is 2.23. The lowest BCUT2D eigenvalue weighted by Gasteiger charge is -2.36. The molecule has 4 aromatic rings. The number of aliphatic hydroxyl groups is 1. The second-order valence-corrected chi connectivity index (χ2v) is 13.6. The Bertz CT molecular complexity index is 1760. The fraction of sp³-hybridized carbons (Fsp3) is 0.366. The van der Waals surface area contributed by atoms with Gasteiger partial charge in [-0.2, -0.15) is 0 Å². The van der Waals surface area contributed by atoms with Crippen LogP contribution in [-0.2, 0) is 38.5 Å². The van der Waals surface area contributed by atoms with Crippen molar-refractivity contribution >= 4 is 29.7 Å². The van der Waals surface area contributed by atoms with E-state index in [1.165, 1.54) is 24.4 Å². The zero-order valence-electron chi connectivity index (χ0n) is 31.3. The van der Waals surface area contributed by atoms with Gasteiger partial charge in [-0.05, 0) is 65.6 Å². The third kappa shape index (κ3) is 11.9. The van der Waals surface area contributed by atoms with Crippen LogP contribution in [0.4, 0.5) is 15.3 Å². The fourth-order valence-electron chi connectivity index (χ4n) is 6.10. The summed E-state index contributed by atoms with van der Waals surface area (Å²) in [6.07, 6.45) is 3.74. The first-order valence-corrected chi connectivity index (χ1v) is 17.9. The molecule has 0 saturated carbocycles. The minimum Gasteiger partial charge on any atom is -0.452 e. The van der Waals surface area contributed by atoms with Crippen LogP contribution in [0.15, 0.2) is 110 Å². The number of carbonyl (C=O) groups is 4. The van der Waals surface area contributed by atoms with Gasteiger partial charge in [-0.1, -0.05) is 88.4 Å². The van der Waals surface area contributed by atoms with Crippen molar-refractivity contribution in [2.24, 2.45) is 11.8 Å². The summed E-state index contributed by atoms with van der Waals surface area (Å²) in [7, 11) is 1.24. The molecule has 2 aromatic heterocycles. The summed E-state index contributed by atoms with van der Waals surface area (Å²) in [6, 6.07) is 21.4. The van der Waals surface area contributed by atoms with Gasteiger partial charge in [0.05, 0.1) is 31.0 Å². The lowest BCUT2D eigenvalue weighted by atomic mass is 9.91. The molecular weight excluding hydrogens is 688 g/mol. The molecule has 4 rings (SSSR count). The number of hydrogen-bond acceptors (Lipinski definition) is 9. The zero-order valence-corrected chi connectivity index (χ0v) is 31.3. The van der Waals surface area contributed by atoms with E-state index in [-0.39, 0.29) is 31.3 Å². The monoisotopic (exact) mass is 738 g/mol. The van der Waals surface area contributed by atoms with E-state index < -0.39 is 54.3 Å². The van der Waals surface area contributed by atoms with E-state index >= 15 is 0 Å². The van der Waals surface area contributed by atoms with Crippen LogP contribution in [0.5, 0.6) is 0 Å². The molecular formula is C41H50N6O7. The van der Waals surface area contributed by atoms with Crippen molar-refractivity contribution in [3.63, 3.8) is 0 Å². The Kier molecular flexibility index (Phi) is 15.5. The normalized spacial score (nSPS) is 13.9. The first-order valence-electron chi connectivity index (χ1n) is 17.9. The van der Waals surface area contributed by atoms with Crippen molar-refractivity contribution in [3.05, 3.63) is 126 Å². The highest BCUT2D eigenvalue weighted by molar-refractivity contribution is 5.97. The molecule has 0 aliphatic heterocycles. The standard InChI is InChI=1S/C41H50N6O7/c1-27(2)35(46-40(51)54-26-31-16-20-42-21-17-31)38(49)44-33(24-29-12-8-6-9-13-29)37(48)34(25-30-14-10-7-11-15-30)45-39(50)36(28(3)4)47(41(52)53-5)32-18-22-43-23-19-32/h6-23,27-28,33-37,48H,24-26H2,1-5H3,(H,44,49)(H,45,50)(H,46,51). The van der Waals surface area contributed by atoms with Crippen LogP contribution in [-0.4, -0.2) is 76.5 Å². The summed E-state index contributed by atoms with van der Waals surface area (Å²) in [5.41, 5.74) is 2.79. The molecule has 0 aliphatic rings. The van der Waals surface area contributed by atoms with E-state index in [2.05, 4.69) is 25.9 Å². The van der Waals surface area contributed by atoms with Crippen molar-refractivity contribution < 1.29 is 33.8 Å². The van der Waals surface area contributed by atoms with Gasteiger partial charge in [0.25, 0.3) is 0 Å². The second kappa shape index (κ2) is 20.4.